The molecule has 0 saturated carbocycles. The standard InChI is InChI=1S/C42H26N4O/c1-4-15-37-32(10-1)35-25-27(31-12-7-13-34-33-11-2-6-17-40(33)47-41(31)34)18-23-38(35)45(37)29-19-21-30(22-20-29)46-39-16-5-3-14-36(39)44-42(46)28-9-8-24-43-26-28/h1-26H. The summed E-state index contributed by atoms with van der Waals surface area (Å²) in [6.07, 6.45) is 3.66. The second kappa shape index (κ2) is 10.0. The van der Waals surface area contributed by atoms with Crippen LogP contribution in [0.4, 0.5) is 0 Å². The first kappa shape index (κ1) is 25.8. The molecule has 0 aliphatic carbocycles. The van der Waals surface area contributed by atoms with E-state index in [9.17, 15) is 0 Å². The Kier molecular flexibility index (Phi) is 5.51. The second-order valence-corrected chi connectivity index (χ2v) is 11.9. The van der Waals surface area contributed by atoms with Gasteiger partial charge in [-0.1, -0.05) is 72.8 Å². The molecule has 5 nitrogen and oxygen atoms in total. The third-order valence-corrected chi connectivity index (χ3v) is 9.23. The van der Waals surface area contributed by atoms with E-state index in [0.29, 0.717) is 0 Å². The van der Waals surface area contributed by atoms with E-state index >= 15 is 0 Å². The minimum atomic E-state index is 0.871. The summed E-state index contributed by atoms with van der Waals surface area (Å²) in [6, 6.07) is 51.1. The number of pyridine rings is 1. The zero-order valence-electron chi connectivity index (χ0n) is 25.2. The molecule has 0 aliphatic rings. The van der Waals surface area contributed by atoms with Gasteiger partial charge in [0.25, 0.3) is 0 Å². The van der Waals surface area contributed by atoms with Crippen LogP contribution in [0.15, 0.2) is 162 Å². The van der Waals surface area contributed by atoms with Crippen LogP contribution in [0.25, 0.3) is 88.7 Å². The number of fused-ring (bicyclic) bond motifs is 7. The molecule has 0 amide bonds. The van der Waals surface area contributed by atoms with Crippen LogP contribution in [0.2, 0.25) is 0 Å². The van der Waals surface area contributed by atoms with Crippen molar-refractivity contribution in [1.82, 2.24) is 19.1 Å². The minimum absolute atomic E-state index is 0.871. The number of nitrogens with zero attached hydrogens (tertiary/aromatic N) is 4. The van der Waals surface area contributed by atoms with Crippen LogP contribution in [-0.2, 0) is 0 Å². The van der Waals surface area contributed by atoms with Crippen LogP contribution in [-0.4, -0.2) is 19.1 Å². The maximum absolute atomic E-state index is 6.40. The first-order valence-electron chi connectivity index (χ1n) is 15.7. The van der Waals surface area contributed by atoms with E-state index in [2.05, 4.69) is 135 Å². The maximum atomic E-state index is 6.40. The molecule has 4 heterocycles. The molecule has 5 heteroatoms. The largest absolute Gasteiger partial charge is 0.455 e. The molecule has 0 N–H and O–H groups in total. The fourth-order valence-electron chi connectivity index (χ4n) is 7.12. The van der Waals surface area contributed by atoms with Gasteiger partial charge < -0.3 is 8.98 Å². The summed E-state index contributed by atoms with van der Waals surface area (Å²) in [5.74, 6) is 0.871. The van der Waals surface area contributed by atoms with Crippen LogP contribution in [0.1, 0.15) is 0 Å². The number of para-hydroxylation sites is 5. The number of furan rings is 1. The van der Waals surface area contributed by atoms with Gasteiger partial charge >= 0.3 is 0 Å². The minimum Gasteiger partial charge on any atom is -0.455 e. The summed E-state index contributed by atoms with van der Waals surface area (Å²) in [4.78, 5) is 9.35. The van der Waals surface area contributed by atoms with Crippen molar-refractivity contribution < 1.29 is 4.42 Å². The van der Waals surface area contributed by atoms with Crippen LogP contribution < -0.4 is 0 Å². The van der Waals surface area contributed by atoms with Crippen molar-refractivity contribution in [3.63, 3.8) is 0 Å². The Balaban J connectivity index is 1.13. The Morgan fingerprint density at radius 3 is 2.06 bits per heavy atom. The molecule has 0 unspecified atom stereocenters. The molecule has 0 saturated heterocycles. The van der Waals surface area contributed by atoms with Gasteiger partial charge in [-0.3, -0.25) is 9.55 Å². The summed E-state index contributed by atoms with van der Waals surface area (Å²) in [6.45, 7) is 0. The summed E-state index contributed by atoms with van der Waals surface area (Å²) < 4.78 is 11.0. The molecule has 4 aromatic heterocycles. The third kappa shape index (κ3) is 3.90. The molecule has 0 aliphatic heterocycles. The predicted octanol–water partition coefficient (Wildman–Crippen LogP) is 10.8. The maximum Gasteiger partial charge on any atom is 0.147 e. The molecule has 0 atom stereocenters. The Hall–Kier alpha value is -6.46. The number of benzene rings is 6. The van der Waals surface area contributed by atoms with E-state index in [-0.39, 0.29) is 0 Å². The Morgan fingerprint density at radius 2 is 1.21 bits per heavy atom. The van der Waals surface area contributed by atoms with Gasteiger partial charge in [-0.05, 0) is 78.4 Å². The zero-order valence-corrected chi connectivity index (χ0v) is 25.2. The van der Waals surface area contributed by atoms with Crippen LogP contribution in [0.5, 0.6) is 0 Å². The van der Waals surface area contributed by atoms with Crippen molar-refractivity contribution in [2.24, 2.45) is 0 Å². The van der Waals surface area contributed by atoms with Crippen molar-refractivity contribution in [1.29, 1.82) is 0 Å². The van der Waals surface area contributed by atoms with Crippen molar-refractivity contribution in [3.8, 4) is 33.9 Å². The fraction of sp³-hybridized carbons (Fsp3) is 0. The van der Waals surface area contributed by atoms with Gasteiger partial charge in [0.05, 0.1) is 22.1 Å². The van der Waals surface area contributed by atoms with E-state index in [1.165, 1.54) is 16.3 Å². The molecule has 0 spiro atoms. The number of aromatic nitrogens is 4. The van der Waals surface area contributed by atoms with Gasteiger partial charge in [0.1, 0.15) is 17.0 Å². The molecule has 0 fully saturated rings. The van der Waals surface area contributed by atoms with E-state index in [1.807, 2.05) is 30.5 Å². The van der Waals surface area contributed by atoms with Crippen molar-refractivity contribution >= 4 is 54.8 Å². The highest BCUT2D eigenvalue weighted by atomic mass is 16.3. The molecule has 47 heavy (non-hydrogen) atoms. The fourth-order valence-corrected chi connectivity index (χ4v) is 7.12. The van der Waals surface area contributed by atoms with E-state index in [0.717, 1.165) is 72.4 Å². The average Bonchev–Trinajstić information content (AvgIpc) is 3.82. The van der Waals surface area contributed by atoms with Gasteiger partial charge in [0, 0.05) is 56.4 Å². The smallest absolute Gasteiger partial charge is 0.147 e. The molecular formula is C42H26N4O. The summed E-state index contributed by atoms with van der Waals surface area (Å²) in [5, 5.41) is 4.69. The van der Waals surface area contributed by atoms with Crippen LogP contribution >= 0.6 is 0 Å². The van der Waals surface area contributed by atoms with Crippen molar-refractivity contribution in [2.45, 2.75) is 0 Å². The Morgan fingerprint density at radius 1 is 0.489 bits per heavy atom. The molecular weight excluding hydrogens is 576 g/mol. The van der Waals surface area contributed by atoms with E-state index in [4.69, 9.17) is 9.40 Å². The number of imidazole rings is 1. The van der Waals surface area contributed by atoms with Gasteiger partial charge in [-0.2, -0.15) is 0 Å². The van der Waals surface area contributed by atoms with E-state index in [1.54, 1.807) is 6.20 Å². The molecule has 10 aromatic rings. The quantitative estimate of drug-likeness (QED) is 0.201. The highest BCUT2D eigenvalue weighted by Crippen LogP contribution is 2.39. The highest BCUT2D eigenvalue weighted by Gasteiger charge is 2.18. The van der Waals surface area contributed by atoms with Gasteiger partial charge in [-0.25, -0.2) is 4.98 Å². The van der Waals surface area contributed by atoms with E-state index < -0.39 is 0 Å². The van der Waals surface area contributed by atoms with Crippen molar-refractivity contribution in [3.05, 3.63) is 158 Å². The normalized spacial score (nSPS) is 11.8. The Labute approximate surface area is 269 Å². The van der Waals surface area contributed by atoms with Crippen molar-refractivity contribution in [2.75, 3.05) is 0 Å². The van der Waals surface area contributed by atoms with Crippen LogP contribution in [0, 0.1) is 0 Å². The SMILES string of the molecule is c1cncc(-c2nc3ccccc3n2-c2ccc(-n3c4ccccc4c4cc(-c5cccc6c5oc5ccccc56)ccc43)cc2)c1. The lowest BCUT2D eigenvalue weighted by Gasteiger charge is -2.12. The Bertz CT molecular complexity index is 2790. The lowest BCUT2D eigenvalue weighted by molar-refractivity contribution is 0.670. The average molecular weight is 603 g/mol. The monoisotopic (exact) mass is 602 g/mol. The summed E-state index contributed by atoms with van der Waals surface area (Å²) in [5.41, 5.74) is 11.5. The highest BCUT2D eigenvalue weighted by molar-refractivity contribution is 6.13. The molecule has 220 valence electrons. The number of hydrogen-bond donors (Lipinski definition) is 0. The summed E-state index contributed by atoms with van der Waals surface area (Å²) in [7, 11) is 0. The predicted molar refractivity (Wildman–Crippen MR) is 191 cm³/mol. The topological polar surface area (TPSA) is 48.8 Å². The number of rotatable bonds is 4. The summed E-state index contributed by atoms with van der Waals surface area (Å²) >= 11 is 0. The zero-order chi connectivity index (χ0) is 30.9. The molecule has 0 radical (unpaired) electrons. The van der Waals surface area contributed by atoms with Crippen LogP contribution in [0.3, 0.4) is 0 Å². The first-order valence-corrected chi connectivity index (χ1v) is 15.7. The first-order chi connectivity index (χ1) is 23.3. The molecule has 0 bridgehead atoms. The lowest BCUT2D eigenvalue weighted by Crippen LogP contribution is -1.99. The molecule has 6 aromatic carbocycles. The number of hydrogen-bond acceptors (Lipinski definition) is 3. The van der Waals surface area contributed by atoms with Gasteiger partial charge in [-0.15, -0.1) is 0 Å². The second-order valence-electron chi connectivity index (χ2n) is 11.9. The van der Waals surface area contributed by atoms with Gasteiger partial charge in [0.2, 0.25) is 0 Å². The lowest BCUT2D eigenvalue weighted by atomic mass is 10.0. The van der Waals surface area contributed by atoms with Gasteiger partial charge in [0.15, 0.2) is 0 Å². The molecule has 10 rings (SSSR count). The third-order valence-electron chi connectivity index (χ3n) is 9.23.